The van der Waals surface area contributed by atoms with Gasteiger partial charge in [0.05, 0.1) is 0 Å². The second-order valence-corrected chi connectivity index (χ2v) is 5.75. The molecule has 1 saturated heterocycles. The van der Waals surface area contributed by atoms with Crippen LogP contribution < -0.4 is 5.32 Å². The fourth-order valence-corrected chi connectivity index (χ4v) is 3.32. The number of hydrogen-bond acceptors (Lipinski definition) is 2. The van der Waals surface area contributed by atoms with Crippen molar-refractivity contribution in [3.63, 3.8) is 0 Å². The lowest BCUT2D eigenvalue weighted by Crippen LogP contribution is -2.34. The number of thioether (sulfide) groups is 1. The van der Waals surface area contributed by atoms with Crippen molar-refractivity contribution in [3.05, 3.63) is 35.6 Å². The zero-order valence-electron chi connectivity index (χ0n) is 9.58. The molecule has 0 radical (unpaired) electrons. The Bertz CT molecular complexity index is 342. The summed E-state index contributed by atoms with van der Waals surface area (Å²) < 4.78 is 13.3. The lowest BCUT2D eigenvalue weighted by Gasteiger charge is -2.16. The Morgan fingerprint density at radius 3 is 2.94 bits per heavy atom. The summed E-state index contributed by atoms with van der Waals surface area (Å²) in [5, 5.41) is 4.21. The summed E-state index contributed by atoms with van der Waals surface area (Å²) in [7, 11) is 0. The van der Waals surface area contributed by atoms with E-state index in [1.54, 1.807) is 6.07 Å². The third-order valence-electron chi connectivity index (χ3n) is 3.13. The Morgan fingerprint density at radius 1 is 1.44 bits per heavy atom. The maximum Gasteiger partial charge on any atom is 0.126 e. The van der Waals surface area contributed by atoms with Gasteiger partial charge in [0.25, 0.3) is 0 Å². The van der Waals surface area contributed by atoms with Crippen molar-refractivity contribution >= 4 is 11.8 Å². The Balaban J connectivity index is 1.78. The molecule has 0 aliphatic carbocycles. The van der Waals surface area contributed by atoms with Crippen LogP contribution in [0, 0.1) is 5.82 Å². The van der Waals surface area contributed by atoms with Gasteiger partial charge in [0.1, 0.15) is 5.82 Å². The van der Waals surface area contributed by atoms with Crippen molar-refractivity contribution in [3.8, 4) is 0 Å². The third-order valence-corrected chi connectivity index (χ3v) is 4.46. The van der Waals surface area contributed by atoms with E-state index in [1.807, 2.05) is 23.9 Å². The molecule has 0 saturated carbocycles. The van der Waals surface area contributed by atoms with Crippen LogP contribution in [0.15, 0.2) is 24.3 Å². The summed E-state index contributed by atoms with van der Waals surface area (Å²) in [6, 6.07) is 7.64. The summed E-state index contributed by atoms with van der Waals surface area (Å²) in [6.45, 7) is 3.13. The predicted molar refractivity (Wildman–Crippen MR) is 68.4 cm³/mol. The molecule has 3 heteroatoms. The Kier molecular flexibility index (Phi) is 4.24. The second kappa shape index (κ2) is 5.69. The van der Waals surface area contributed by atoms with E-state index in [4.69, 9.17) is 0 Å². The molecule has 88 valence electrons. The fraction of sp³-hybridized carbons (Fsp3) is 0.538. The predicted octanol–water partition coefficient (Wildman–Crippen LogP) is 2.85. The van der Waals surface area contributed by atoms with Crippen LogP contribution in [0.3, 0.4) is 0 Å². The van der Waals surface area contributed by atoms with Crippen LogP contribution >= 0.6 is 11.8 Å². The van der Waals surface area contributed by atoms with Crippen LogP contribution in [0.25, 0.3) is 0 Å². The van der Waals surface area contributed by atoms with Crippen LogP contribution in [0.5, 0.6) is 0 Å². The van der Waals surface area contributed by atoms with Gasteiger partial charge in [0.15, 0.2) is 0 Å². The molecule has 2 rings (SSSR count). The molecule has 16 heavy (non-hydrogen) atoms. The highest BCUT2D eigenvalue weighted by atomic mass is 32.2. The van der Waals surface area contributed by atoms with Crippen molar-refractivity contribution in [1.29, 1.82) is 0 Å². The Hall–Kier alpha value is -0.540. The lowest BCUT2D eigenvalue weighted by atomic mass is 10.1. The molecule has 2 unspecified atom stereocenters. The van der Waals surface area contributed by atoms with Crippen molar-refractivity contribution < 1.29 is 4.39 Å². The standard InChI is InChI=1S/C13H18FNS/c1-10-13(7-9-16-10)15-8-6-11-4-2-3-5-12(11)14/h2-5,10,13,15H,6-9H2,1H3. The first-order valence-corrected chi connectivity index (χ1v) is 6.90. The van der Waals surface area contributed by atoms with Gasteiger partial charge in [0.2, 0.25) is 0 Å². The van der Waals surface area contributed by atoms with Crippen LogP contribution in [-0.2, 0) is 6.42 Å². The van der Waals surface area contributed by atoms with Crippen LogP contribution in [0.1, 0.15) is 18.9 Å². The minimum Gasteiger partial charge on any atom is -0.313 e. The molecule has 0 amide bonds. The van der Waals surface area contributed by atoms with E-state index in [0.29, 0.717) is 11.3 Å². The van der Waals surface area contributed by atoms with E-state index in [-0.39, 0.29) is 5.82 Å². The topological polar surface area (TPSA) is 12.0 Å². The van der Waals surface area contributed by atoms with E-state index in [0.717, 1.165) is 18.5 Å². The van der Waals surface area contributed by atoms with Crippen molar-refractivity contribution in [2.45, 2.75) is 31.1 Å². The number of rotatable bonds is 4. The summed E-state index contributed by atoms with van der Waals surface area (Å²) in [5.74, 6) is 1.16. The van der Waals surface area contributed by atoms with Gasteiger partial charge in [-0.3, -0.25) is 0 Å². The molecule has 1 aliphatic heterocycles. The van der Waals surface area contributed by atoms with Gasteiger partial charge >= 0.3 is 0 Å². The average Bonchev–Trinajstić information content (AvgIpc) is 2.67. The number of hydrogen-bond donors (Lipinski definition) is 1. The molecular weight excluding hydrogens is 221 g/mol. The molecule has 1 aliphatic rings. The molecule has 0 bridgehead atoms. The zero-order valence-corrected chi connectivity index (χ0v) is 10.4. The first kappa shape index (κ1) is 11.9. The molecule has 2 atom stereocenters. The minimum atomic E-state index is -0.0851. The third kappa shape index (κ3) is 2.98. The maximum atomic E-state index is 13.3. The van der Waals surface area contributed by atoms with Gasteiger partial charge in [-0.1, -0.05) is 25.1 Å². The van der Waals surface area contributed by atoms with Crippen molar-refractivity contribution in [2.75, 3.05) is 12.3 Å². The molecular formula is C13H18FNS. The molecule has 1 aromatic carbocycles. The van der Waals surface area contributed by atoms with Crippen molar-refractivity contribution in [2.24, 2.45) is 0 Å². The highest BCUT2D eigenvalue weighted by molar-refractivity contribution is 8.00. The monoisotopic (exact) mass is 239 g/mol. The molecule has 1 nitrogen and oxygen atoms in total. The van der Waals surface area contributed by atoms with Gasteiger partial charge in [-0.15, -0.1) is 0 Å². The van der Waals surface area contributed by atoms with E-state index in [2.05, 4.69) is 12.2 Å². The fourth-order valence-electron chi connectivity index (χ4n) is 2.09. The summed E-state index contributed by atoms with van der Waals surface area (Å²) in [4.78, 5) is 0. The van der Waals surface area contributed by atoms with Gasteiger partial charge in [0, 0.05) is 11.3 Å². The molecule has 1 heterocycles. The Morgan fingerprint density at radius 2 is 2.25 bits per heavy atom. The van der Waals surface area contributed by atoms with Gasteiger partial charge in [-0.25, -0.2) is 4.39 Å². The normalized spacial score (nSPS) is 24.9. The van der Waals surface area contributed by atoms with E-state index >= 15 is 0 Å². The number of nitrogens with one attached hydrogen (secondary N) is 1. The first-order valence-electron chi connectivity index (χ1n) is 5.86. The van der Waals surface area contributed by atoms with E-state index in [1.165, 1.54) is 18.2 Å². The average molecular weight is 239 g/mol. The SMILES string of the molecule is CC1SCCC1NCCc1ccccc1F. The zero-order chi connectivity index (χ0) is 11.4. The van der Waals surface area contributed by atoms with Gasteiger partial charge in [-0.05, 0) is 36.8 Å². The minimum absolute atomic E-state index is 0.0851. The molecule has 1 fully saturated rings. The van der Waals surface area contributed by atoms with E-state index < -0.39 is 0 Å². The number of benzene rings is 1. The Labute approximate surface area is 101 Å². The smallest absolute Gasteiger partial charge is 0.126 e. The van der Waals surface area contributed by atoms with Crippen molar-refractivity contribution in [1.82, 2.24) is 5.32 Å². The van der Waals surface area contributed by atoms with Crippen LogP contribution in [0.2, 0.25) is 0 Å². The number of halogens is 1. The summed E-state index contributed by atoms with van der Waals surface area (Å²) in [6.07, 6.45) is 2.02. The molecule has 1 aromatic rings. The highest BCUT2D eigenvalue weighted by Crippen LogP contribution is 2.25. The van der Waals surface area contributed by atoms with Gasteiger partial charge in [-0.2, -0.15) is 11.8 Å². The van der Waals surface area contributed by atoms with Gasteiger partial charge < -0.3 is 5.32 Å². The molecule has 1 N–H and O–H groups in total. The van der Waals surface area contributed by atoms with E-state index in [9.17, 15) is 4.39 Å². The summed E-state index contributed by atoms with van der Waals surface area (Å²) in [5.41, 5.74) is 0.813. The lowest BCUT2D eigenvalue weighted by molar-refractivity contribution is 0.511. The quantitative estimate of drug-likeness (QED) is 0.867. The molecule has 0 spiro atoms. The summed E-state index contributed by atoms with van der Waals surface area (Å²) >= 11 is 2.02. The van der Waals surface area contributed by atoms with Crippen LogP contribution in [-0.4, -0.2) is 23.6 Å². The highest BCUT2D eigenvalue weighted by Gasteiger charge is 2.22. The first-order chi connectivity index (χ1) is 7.77. The molecule has 0 aromatic heterocycles. The van der Waals surface area contributed by atoms with Crippen LogP contribution in [0.4, 0.5) is 4.39 Å². The maximum absolute atomic E-state index is 13.3. The second-order valence-electron chi connectivity index (χ2n) is 4.27. The largest absolute Gasteiger partial charge is 0.313 e.